The smallest absolute Gasteiger partial charge is 0.261 e. The number of phenolic OH excluding ortho intramolecular Hbond substituents is 2. The van der Waals surface area contributed by atoms with Gasteiger partial charge < -0.3 is 35.5 Å². The van der Waals surface area contributed by atoms with Gasteiger partial charge in [0.2, 0.25) is 0 Å². The number of hydrogen-bond acceptors (Lipinski definition) is 9. The number of aliphatic hydroxyl groups excluding tert-OH is 1. The summed E-state index contributed by atoms with van der Waals surface area (Å²) < 4.78 is 0. The summed E-state index contributed by atoms with van der Waals surface area (Å²) in [5.41, 5.74) is 10.8. The number of likely N-dealkylation sites (tertiary alicyclic amines) is 2. The molecule has 5 fully saturated rings. The number of benzene rings is 3. The number of amides is 2. The van der Waals surface area contributed by atoms with Crippen molar-refractivity contribution in [3.05, 3.63) is 161 Å². The number of nitrogens with zero attached hydrogens (tertiary/aromatic N) is 3. The Labute approximate surface area is 450 Å². The number of aromatic nitrogens is 2. The van der Waals surface area contributed by atoms with Crippen molar-refractivity contribution in [2.75, 3.05) is 33.2 Å². The van der Waals surface area contributed by atoms with E-state index >= 15 is 0 Å². The molecule has 2 aliphatic heterocycles. The molecule has 4 bridgehead atoms. The fourth-order valence-corrected chi connectivity index (χ4v) is 16.8. The van der Waals surface area contributed by atoms with Gasteiger partial charge in [-0.3, -0.25) is 29.0 Å². The second kappa shape index (κ2) is 18.8. The molecule has 13 nitrogen and oxygen atoms in total. The van der Waals surface area contributed by atoms with Crippen LogP contribution in [0.5, 0.6) is 11.5 Å². The fourth-order valence-electron chi connectivity index (χ4n) is 16.8. The molecule has 3 saturated carbocycles. The highest BCUT2D eigenvalue weighted by molar-refractivity contribution is 5.95. The van der Waals surface area contributed by atoms with E-state index in [9.17, 15) is 34.5 Å². The zero-order valence-electron chi connectivity index (χ0n) is 44.5. The van der Waals surface area contributed by atoms with E-state index in [1.165, 1.54) is 60.9 Å². The Balaban J connectivity index is 0.000000141. The van der Waals surface area contributed by atoms with Crippen LogP contribution in [-0.4, -0.2) is 109 Å². The van der Waals surface area contributed by atoms with Crippen molar-refractivity contribution < 1.29 is 24.9 Å². The molecule has 4 heterocycles. The average Bonchev–Trinajstić information content (AvgIpc) is 4.41. The van der Waals surface area contributed by atoms with Crippen LogP contribution in [-0.2, 0) is 55.8 Å². The Kier molecular flexibility index (Phi) is 12.1. The SMILES string of the molecule is CN(C(=O)c1cc2c([nH]c1=O)C[C@]13CCN(CC4CC4)[C@H](Cc4ccc(O)cc41)[C@@H]3C2)C1CCCCC1.O=C(N[C@H]1c2ccccc2C[C@H]1O)c1cc2c([nH]c1=O)C[C@]13CCN(CC4CC4)[C@H](Cc4ccc(O)cc41)[C@@H]3C2. The first kappa shape index (κ1) is 49.3. The number of aromatic amines is 2. The lowest BCUT2D eigenvalue weighted by Crippen LogP contribution is -2.63. The monoisotopic (exact) mass is 1040 g/mol. The highest BCUT2D eigenvalue weighted by Crippen LogP contribution is 2.57. The van der Waals surface area contributed by atoms with Gasteiger partial charge in [-0.25, -0.2) is 0 Å². The van der Waals surface area contributed by atoms with Gasteiger partial charge in [0.15, 0.2) is 0 Å². The van der Waals surface area contributed by atoms with Crippen LogP contribution in [0.25, 0.3) is 0 Å². The Morgan fingerprint density at radius 2 is 1.17 bits per heavy atom. The first-order chi connectivity index (χ1) is 37.3. The molecule has 5 aromatic rings. The van der Waals surface area contributed by atoms with Crippen molar-refractivity contribution in [1.29, 1.82) is 0 Å². The van der Waals surface area contributed by atoms with Gasteiger partial charge in [0, 0.05) is 66.9 Å². The van der Waals surface area contributed by atoms with Crippen molar-refractivity contribution in [3.63, 3.8) is 0 Å². The molecule has 2 amide bonds. The minimum atomic E-state index is -0.714. The number of carbonyl (C=O) groups excluding carboxylic acids is 2. The van der Waals surface area contributed by atoms with Crippen LogP contribution in [0, 0.1) is 23.7 Å². The molecule has 0 radical (unpaired) electrons. The van der Waals surface area contributed by atoms with Crippen LogP contribution in [0.2, 0.25) is 0 Å². The van der Waals surface area contributed by atoms with E-state index in [1.807, 2.05) is 66.5 Å². The fraction of sp³-hybridized carbons (Fsp3) is 0.531. The van der Waals surface area contributed by atoms with Crippen LogP contribution in [0.15, 0.2) is 82.4 Å². The zero-order chi connectivity index (χ0) is 52.5. The number of nitrogens with one attached hydrogen (secondary N) is 3. The molecule has 6 N–H and O–H groups in total. The Bertz CT molecular complexity index is 3320. The zero-order valence-corrected chi connectivity index (χ0v) is 44.5. The molecule has 10 aliphatic rings. The minimum absolute atomic E-state index is 0.0720. The summed E-state index contributed by atoms with van der Waals surface area (Å²) in [5, 5.41) is 34.5. The van der Waals surface area contributed by atoms with E-state index in [0.29, 0.717) is 53.8 Å². The van der Waals surface area contributed by atoms with Gasteiger partial charge in [-0.1, -0.05) is 55.7 Å². The maximum atomic E-state index is 13.5. The average molecular weight is 1040 g/mol. The lowest BCUT2D eigenvalue weighted by Gasteiger charge is -2.59. The number of hydrogen-bond donors (Lipinski definition) is 6. The summed E-state index contributed by atoms with van der Waals surface area (Å²) in [4.78, 5) is 67.1. The standard InChI is InChI=1S/C33H35N3O4.C31H39N3O3/c37-22-8-7-20-13-28-26-12-21-11-24(32(40)35-30-23-4-2-1-3-19(23)14-29(30)38)31(39)34-27(21)16-33(26,25(20)15-22)9-10-36(28)17-18-5-6-18;1-33(22-5-3-2-4-6-22)30(37)24-13-21-14-26-28-15-20-9-10-23(35)16-25(20)31(26,17-27(21)32-29(24)36)11-12-34(28)18-19-7-8-19/h1-4,7-8,11,15,18,26,28-30,37-38H,5-6,9-10,12-14,16-17H2,(H,34,39)(H,35,40);9-10,13,16,19,22,26,28,35H,2-8,11-12,14-15,17-18H2,1H3,(H,32,36)/t26-,28+,29+,30-,33+;26-,28+,31+/m00/s1. The van der Waals surface area contributed by atoms with Crippen molar-refractivity contribution in [2.45, 2.75) is 157 Å². The predicted molar refractivity (Wildman–Crippen MR) is 294 cm³/mol. The summed E-state index contributed by atoms with van der Waals surface area (Å²) in [6.45, 7) is 4.47. The second-order valence-corrected chi connectivity index (χ2v) is 25.6. The molecule has 0 unspecified atom stereocenters. The van der Waals surface area contributed by atoms with Gasteiger partial charge in [-0.05, 0) is 208 Å². The summed E-state index contributed by atoms with van der Waals surface area (Å²) in [5.74, 6) is 2.49. The molecule has 13 heteroatoms. The number of aromatic hydroxyl groups is 2. The number of phenols is 2. The van der Waals surface area contributed by atoms with Gasteiger partial charge >= 0.3 is 0 Å². The molecule has 15 rings (SSSR count). The summed E-state index contributed by atoms with van der Waals surface area (Å²) in [6, 6.07) is 23.9. The van der Waals surface area contributed by atoms with Crippen molar-refractivity contribution >= 4 is 11.8 Å². The van der Waals surface area contributed by atoms with Crippen LogP contribution >= 0.6 is 0 Å². The highest BCUT2D eigenvalue weighted by atomic mass is 16.3. The van der Waals surface area contributed by atoms with Crippen LogP contribution in [0.4, 0.5) is 0 Å². The quantitative estimate of drug-likeness (QED) is 0.0927. The van der Waals surface area contributed by atoms with Crippen molar-refractivity contribution in [2.24, 2.45) is 23.7 Å². The lowest BCUT2D eigenvalue weighted by atomic mass is 9.52. The maximum Gasteiger partial charge on any atom is 0.261 e. The first-order valence-corrected chi connectivity index (χ1v) is 29.3. The predicted octanol–water partition coefficient (Wildman–Crippen LogP) is 7.34. The van der Waals surface area contributed by atoms with Gasteiger partial charge in [0.25, 0.3) is 22.9 Å². The third kappa shape index (κ3) is 8.51. The van der Waals surface area contributed by atoms with E-state index in [0.717, 1.165) is 136 Å². The molecule has 8 aliphatic carbocycles. The molecular formula is C64H74N6O7. The lowest BCUT2D eigenvalue weighted by molar-refractivity contribution is 0.00455. The molecule has 2 aromatic heterocycles. The number of rotatable bonds is 8. The first-order valence-electron chi connectivity index (χ1n) is 29.3. The largest absolute Gasteiger partial charge is 0.508 e. The number of carbonyl (C=O) groups is 2. The van der Waals surface area contributed by atoms with Crippen molar-refractivity contribution in [1.82, 2.24) is 30.0 Å². The van der Waals surface area contributed by atoms with E-state index in [1.54, 1.807) is 6.07 Å². The van der Waals surface area contributed by atoms with E-state index < -0.39 is 18.1 Å². The van der Waals surface area contributed by atoms with Crippen molar-refractivity contribution in [3.8, 4) is 11.5 Å². The Morgan fingerprint density at radius 1 is 0.636 bits per heavy atom. The van der Waals surface area contributed by atoms with E-state index in [2.05, 4.69) is 37.2 Å². The van der Waals surface area contributed by atoms with Gasteiger partial charge in [-0.2, -0.15) is 0 Å². The number of pyridine rings is 2. The van der Waals surface area contributed by atoms with E-state index in [-0.39, 0.29) is 39.5 Å². The number of aliphatic hydroxyl groups is 1. The second-order valence-electron chi connectivity index (χ2n) is 25.6. The molecule has 0 spiro atoms. The number of H-pyrrole nitrogens is 2. The molecule has 3 aromatic carbocycles. The molecule has 77 heavy (non-hydrogen) atoms. The van der Waals surface area contributed by atoms with Gasteiger partial charge in [0.05, 0.1) is 12.1 Å². The molecule has 2 saturated heterocycles. The number of piperidine rings is 2. The maximum absolute atomic E-state index is 13.5. The van der Waals surface area contributed by atoms with Crippen LogP contribution < -0.4 is 16.4 Å². The van der Waals surface area contributed by atoms with Crippen LogP contribution in [0.1, 0.15) is 153 Å². The summed E-state index contributed by atoms with van der Waals surface area (Å²) in [7, 11) is 1.87. The number of fused-ring (bicyclic) bond motifs is 5. The van der Waals surface area contributed by atoms with Crippen LogP contribution in [0.3, 0.4) is 0 Å². The van der Waals surface area contributed by atoms with Gasteiger partial charge in [-0.15, -0.1) is 0 Å². The molecular weight excluding hydrogens is 965 g/mol. The third-order valence-corrected chi connectivity index (χ3v) is 21.2. The Morgan fingerprint density at radius 3 is 1.73 bits per heavy atom. The van der Waals surface area contributed by atoms with E-state index in [4.69, 9.17) is 0 Å². The normalized spacial score (nSPS) is 29.7. The third-order valence-electron chi connectivity index (χ3n) is 21.2. The molecule has 8 atom stereocenters. The topological polar surface area (TPSA) is 182 Å². The summed E-state index contributed by atoms with van der Waals surface area (Å²) >= 11 is 0. The minimum Gasteiger partial charge on any atom is -0.508 e. The highest BCUT2D eigenvalue weighted by Gasteiger charge is 2.57. The van der Waals surface area contributed by atoms with Gasteiger partial charge in [0.1, 0.15) is 22.6 Å². The Hall–Kier alpha value is -6.02. The summed E-state index contributed by atoms with van der Waals surface area (Å²) in [6.07, 6.45) is 17.9. The molecule has 402 valence electrons.